The summed E-state index contributed by atoms with van der Waals surface area (Å²) in [6.45, 7) is 4.56. The SMILES string of the molecule is CCOC(=O)Cc1ccc(NC(=O)C2CCCN(S(=O)(=O)c3ccc(C)cc3)C2)cc1. The molecule has 0 radical (unpaired) electrons. The van der Waals surface area contributed by atoms with Crippen molar-refractivity contribution in [1.29, 1.82) is 0 Å². The molecule has 8 heteroatoms. The molecule has 0 aliphatic carbocycles. The summed E-state index contributed by atoms with van der Waals surface area (Å²) >= 11 is 0. The Balaban J connectivity index is 1.62. The van der Waals surface area contributed by atoms with E-state index in [0.29, 0.717) is 31.7 Å². The number of ether oxygens (including phenoxy) is 1. The van der Waals surface area contributed by atoms with Crippen molar-refractivity contribution in [3.05, 3.63) is 59.7 Å². The van der Waals surface area contributed by atoms with Crippen LogP contribution in [0.3, 0.4) is 0 Å². The van der Waals surface area contributed by atoms with Gasteiger partial charge >= 0.3 is 5.97 Å². The Labute approximate surface area is 183 Å². The Morgan fingerprint density at radius 3 is 2.42 bits per heavy atom. The molecule has 1 fully saturated rings. The number of piperidine rings is 1. The summed E-state index contributed by atoms with van der Waals surface area (Å²) in [4.78, 5) is 24.6. The summed E-state index contributed by atoms with van der Waals surface area (Å²) in [7, 11) is -3.63. The van der Waals surface area contributed by atoms with Gasteiger partial charge in [0.05, 0.1) is 23.8 Å². The van der Waals surface area contributed by atoms with Gasteiger partial charge in [0.1, 0.15) is 0 Å². The minimum Gasteiger partial charge on any atom is -0.466 e. The number of hydrogen-bond acceptors (Lipinski definition) is 5. The number of carbonyl (C=O) groups is 2. The van der Waals surface area contributed by atoms with Gasteiger partial charge in [0, 0.05) is 18.8 Å². The number of amides is 1. The van der Waals surface area contributed by atoms with Gasteiger partial charge < -0.3 is 10.1 Å². The van der Waals surface area contributed by atoms with Crippen LogP contribution >= 0.6 is 0 Å². The zero-order valence-corrected chi connectivity index (χ0v) is 18.7. The van der Waals surface area contributed by atoms with E-state index in [0.717, 1.165) is 11.1 Å². The number of nitrogens with one attached hydrogen (secondary N) is 1. The van der Waals surface area contributed by atoms with Crippen LogP contribution in [0.5, 0.6) is 0 Å². The summed E-state index contributed by atoms with van der Waals surface area (Å²) in [5.74, 6) is -0.925. The number of anilines is 1. The molecule has 1 amide bonds. The largest absolute Gasteiger partial charge is 0.466 e. The molecule has 1 aliphatic heterocycles. The fraction of sp³-hybridized carbons (Fsp3) is 0.391. The summed E-state index contributed by atoms with van der Waals surface area (Å²) in [6.07, 6.45) is 1.44. The second-order valence-electron chi connectivity index (χ2n) is 7.68. The van der Waals surface area contributed by atoms with E-state index in [1.165, 1.54) is 4.31 Å². The molecule has 1 N–H and O–H groups in total. The molecule has 1 heterocycles. The number of benzene rings is 2. The first-order chi connectivity index (χ1) is 14.8. The van der Waals surface area contributed by atoms with E-state index >= 15 is 0 Å². The Kier molecular flexibility index (Phi) is 7.46. The van der Waals surface area contributed by atoms with Crippen LogP contribution in [0.2, 0.25) is 0 Å². The molecule has 7 nitrogen and oxygen atoms in total. The number of hydrogen-bond donors (Lipinski definition) is 1. The van der Waals surface area contributed by atoms with E-state index < -0.39 is 15.9 Å². The third-order valence-corrected chi connectivity index (χ3v) is 7.17. The van der Waals surface area contributed by atoms with E-state index in [9.17, 15) is 18.0 Å². The van der Waals surface area contributed by atoms with Gasteiger partial charge in [-0.3, -0.25) is 9.59 Å². The molecule has 1 aliphatic rings. The van der Waals surface area contributed by atoms with Crippen molar-refractivity contribution in [1.82, 2.24) is 4.31 Å². The van der Waals surface area contributed by atoms with E-state index in [4.69, 9.17) is 4.74 Å². The average Bonchev–Trinajstić information content (AvgIpc) is 2.75. The molecule has 1 atom stereocenters. The first-order valence-electron chi connectivity index (χ1n) is 10.4. The molecule has 2 aromatic carbocycles. The second-order valence-corrected chi connectivity index (χ2v) is 9.62. The van der Waals surface area contributed by atoms with Crippen LogP contribution in [-0.2, 0) is 30.8 Å². The summed E-state index contributed by atoms with van der Waals surface area (Å²) < 4.78 is 32.2. The third kappa shape index (κ3) is 5.92. The van der Waals surface area contributed by atoms with Gasteiger partial charge in [-0.1, -0.05) is 29.8 Å². The first-order valence-corrected chi connectivity index (χ1v) is 11.9. The molecule has 0 aromatic heterocycles. The highest BCUT2D eigenvalue weighted by Crippen LogP contribution is 2.25. The highest BCUT2D eigenvalue weighted by atomic mass is 32.2. The molecule has 1 unspecified atom stereocenters. The van der Waals surface area contributed by atoms with E-state index in [-0.39, 0.29) is 29.7 Å². The van der Waals surface area contributed by atoms with Crippen molar-refractivity contribution in [3.8, 4) is 0 Å². The topological polar surface area (TPSA) is 92.8 Å². The molecule has 0 bridgehead atoms. The third-order valence-electron chi connectivity index (χ3n) is 5.29. The quantitative estimate of drug-likeness (QED) is 0.663. The van der Waals surface area contributed by atoms with Gasteiger partial charge in [-0.15, -0.1) is 0 Å². The fourth-order valence-electron chi connectivity index (χ4n) is 3.56. The van der Waals surface area contributed by atoms with Crippen molar-refractivity contribution < 1.29 is 22.7 Å². The van der Waals surface area contributed by atoms with Crippen LogP contribution in [0, 0.1) is 12.8 Å². The van der Waals surface area contributed by atoms with Gasteiger partial charge in [0.15, 0.2) is 0 Å². The number of esters is 1. The standard InChI is InChI=1S/C23H28N2O5S/c1-3-30-22(26)15-18-8-10-20(11-9-18)24-23(27)19-5-4-14-25(16-19)31(28,29)21-12-6-17(2)7-13-21/h6-13,19H,3-5,14-16H2,1-2H3,(H,24,27). The summed E-state index contributed by atoms with van der Waals surface area (Å²) in [5.41, 5.74) is 2.39. The fourth-order valence-corrected chi connectivity index (χ4v) is 5.09. The molecule has 0 spiro atoms. The number of rotatable bonds is 7. The Bertz CT molecular complexity index is 1020. The maximum atomic E-state index is 13.0. The molecular formula is C23H28N2O5S. The van der Waals surface area contributed by atoms with Crippen LogP contribution in [0.4, 0.5) is 5.69 Å². The van der Waals surface area contributed by atoms with E-state index in [2.05, 4.69) is 5.32 Å². The number of nitrogens with zero attached hydrogens (tertiary/aromatic N) is 1. The lowest BCUT2D eigenvalue weighted by Crippen LogP contribution is -2.43. The van der Waals surface area contributed by atoms with Crippen LogP contribution in [0.25, 0.3) is 0 Å². The Morgan fingerprint density at radius 2 is 1.77 bits per heavy atom. The van der Waals surface area contributed by atoms with Crippen LogP contribution in [0.1, 0.15) is 30.9 Å². The molecule has 31 heavy (non-hydrogen) atoms. The van der Waals surface area contributed by atoms with Crippen molar-refractivity contribution in [3.63, 3.8) is 0 Å². The molecule has 166 valence electrons. The predicted molar refractivity (Wildman–Crippen MR) is 118 cm³/mol. The van der Waals surface area contributed by atoms with Crippen molar-refractivity contribution in [2.45, 2.75) is 38.0 Å². The normalized spacial score (nSPS) is 17.2. The summed E-state index contributed by atoms with van der Waals surface area (Å²) in [5, 5.41) is 2.86. The number of carbonyl (C=O) groups excluding carboxylic acids is 2. The first kappa shape index (κ1) is 23.0. The monoisotopic (exact) mass is 444 g/mol. The van der Waals surface area contributed by atoms with E-state index in [1.807, 2.05) is 6.92 Å². The smallest absolute Gasteiger partial charge is 0.310 e. The zero-order valence-electron chi connectivity index (χ0n) is 17.8. The minimum atomic E-state index is -3.63. The average molecular weight is 445 g/mol. The van der Waals surface area contributed by atoms with Crippen LogP contribution in [0.15, 0.2) is 53.4 Å². The van der Waals surface area contributed by atoms with E-state index in [1.54, 1.807) is 55.5 Å². The van der Waals surface area contributed by atoms with Crippen molar-refractivity contribution >= 4 is 27.6 Å². The zero-order chi connectivity index (χ0) is 22.4. The lowest BCUT2D eigenvalue weighted by molar-refractivity contribution is -0.142. The molecule has 3 rings (SSSR count). The van der Waals surface area contributed by atoms with Gasteiger partial charge in [-0.25, -0.2) is 8.42 Å². The van der Waals surface area contributed by atoms with Crippen molar-refractivity contribution in [2.75, 3.05) is 25.0 Å². The highest BCUT2D eigenvalue weighted by molar-refractivity contribution is 7.89. The molecule has 0 saturated carbocycles. The minimum absolute atomic E-state index is 0.156. The lowest BCUT2D eigenvalue weighted by atomic mass is 9.98. The number of aryl methyl sites for hydroxylation is 1. The second kappa shape index (κ2) is 10.1. The Morgan fingerprint density at radius 1 is 1.10 bits per heavy atom. The van der Waals surface area contributed by atoms with Crippen LogP contribution in [-0.4, -0.2) is 44.3 Å². The predicted octanol–water partition coefficient (Wildman–Crippen LogP) is 3.14. The van der Waals surface area contributed by atoms with Crippen LogP contribution < -0.4 is 5.32 Å². The van der Waals surface area contributed by atoms with Crippen molar-refractivity contribution in [2.24, 2.45) is 5.92 Å². The molecule has 1 saturated heterocycles. The molecule has 2 aromatic rings. The molecular weight excluding hydrogens is 416 g/mol. The summed E-state index contributed by atoms with van der Waals surface area (Å²) in [6, 6.07) is 13.7. The lowest BCUT2D eigenvalue weighted by Gasteiger charge is -2.31. The van der Waals surface area contributed by atoms with Gasteiger partial charge in [-0.2, -0.15) is 4.31 Å². The maximum absolute atomic E-state index is 13.0. The van der Waals surface area contributed by atoms with Gasteiger partial charge in [-0.05, 0) is 56.5 Å². The number of sulfonamides is 1. The maximum Gasteiger partial charge on any atom is 0.310 e. The highest BCUT2D eigenvalue weighted by Gasteiger charge is 2.33. The Hall–Kier alpha value is -2.71. The van der Waals surface area contributed by atoms with Gasteiger partial charge in [0.2, 0.25) is 15.9 Å². The van der Waals surface area contributed by atoms with Gasteiger partial charge in [0.25, 0.3) is 0 Å².